The van der Waals surface area contributed by atoms with E-state index in [4.69, 9.17) is 11.6 Å². The summed E-state index contributed by atoms with van der Waals surface area (Å²) in [6.45, 7) is 1.50. The zero-order valence-electron chi connectivity index (χ0n) is 11.0. The number of aryl methyl sites for hydroxylation is 1. The maximum atomic E-state index is 13.7. The van der Waals surface area contributed by atoms with Gasteiger partial charge in [-0.3, -0.25) is 10.1 Å². The van der Waals surface area contributed by atoms with Gasteiger partial charge in [0.1, 0.15) is 11.6 Å². The Morgan fingerprint density at radius 3 is 2.62 bits per heavy atom. The van der Waals surface area contributed by atoms with Gasteiger partial charge in [-0.05, 0) is 30.2 Å². The van der Waals surface area contributed by atoms with E-state index in [1.54, 1.807) is 0 Å². The summed E-state index contributed by atoms with van der Waals surface area (Å²) in [6, 6.07) is 6.07. The third-order valence-electron chi connectivity index (χ3n) is 2.96. The summed E-state index contributed by atoms with van der Waals surface area (Å²) >= 11 is 5.93. The number of hydrogen-bond donors (Lipinski definition) is 1. The van der Waals surface area contributed by atoms with Crippen LogP contribution in [0.3, 0.4) is 0 Å². The van der Waals surface area contributed by atoms with Crippen molar-refractivity contribution in [1.82, 2.24) is 0 Å². The van der Waals surface area contributed by atoms with Crippen LogP contribution < -0.4 is 5.32 Å². The molecular formula is C14H11ClF2N2O2. The molecule has 0 spiro atoms. The first-order valence-electron chi connectivity index (χ1n) is 6.01. The molecule has 4 nitrogen and oxygen atoms in total. The smallest absolute Gasteiger partial charge is 0.269 e. The predicted octanol–water partition coefficient (Wildman–Crippen LogP) is 4.45. The van der Waals surface area contributed by atoms with E-state index in [1.165, 1.54) is 25.1 Å². The minimum absolute atomic E-state index is 0.0272. The molecule has 0 radical (unpaired) electrons. The quantitative estimate of drug-likeness (QED) is 0.670. The van der Waals surface area contributed by atoms with Gasteiger partial charge in [-0.15, -0.1) is 0 Å². The lowest BCUT2D eigenvalue weighted by atomic mass is 10.1. The van der Waals surface area contributed by atoms with E-state index in [0.29, 0.717) is 10.6 Å². The summed E-state index contributed by atoms with van der Waals surface area (Å²) in [5, 5.41) is 13.7. The number of nitrogens with zero attached hydrogens (tertiary/aromatic N) is 1. The van der Waals surface area contributed by atoms with Crippen LogP contribution in [0.25, 0.3) is 0 Å². The van der Waals surface area contributed by atoms with Crippen LogP contribution in [0.2, 0.25) is 5.02 Å². The van der Waals surface area contributed by atoms with Gasteiger partial charge in [-0.25, -0.2) is 8.78 Å². The molecule has 0 atom stereocenters. The summed E-state index contributed by atoms with van der Waals surface area (Å²) in [5.41, 5.74) is 0.477. The van der Waals surface area contributed by atoms with Crippen LogP contribution in [-0.4, -0.2) is 4.92 Å². The van der Waals surface area contributed by atoms with Gasteiger partial charge < -0.3 is 5.32 Å². The van der Waals surface area contributed by atoms with Gasteiger partial charge in [0.15, 0.2) is 0 Å². The average molecular weight is 313 g/mol. The van der Waals surface area contributed by atoms with E-state index >= 15 is 0 Å². The largest absolute Gasteiger partial charge is 0.378 e. The van der Waals surface area contributed by atoms with Crippen molar-refractivity contribution in [3.05, 3.63) is 68.2 Å². The van der Waals surface area contributed by atoms with Crippen molar-refractivity contribution in [3.8, 4) is 0 Å². The second-order valence-corrected chi connectivity index (χ2v) is 4.87. The molecule has 0 aromatic heterocycles. The van der Waals surface area contributed by atoms with E-state index in [1.807, 2.05) is 0 Å². The highest BCUT2D eigenvalue weighted by Gasteiger charge is 2.11. The lowest BCUT2D eigenvalue weighted by molar-refractivity contribution is -0.384. The molecule has 2 aromatic rings. The fourth-order valence-corrected chi connectivity index (χ4v) is 1.97. The third-order valence-corrected chi connectivity index (χ3v) is 3.33. The Balaban J connectivity index is 2.22. The topological polar surface area (TPSA) is 55.2 Å². The van der Waals surface area contributed by atoms with E-state index in [0.717, 1.165) is 12.1 Å². The Kier molecular flexibility index (Phi) is 4.37. The van der Waals surface area contributed by atoms with Gasteiger partial charge in [-0.1, -0.05) is 11.6 Å². The number of hydrogen-bond acceptors (Lipinski definition) is 3. The molecule has 0 bridgehead atoms. The zero-order chi connectivity index (χ0) is 15.6. The molecule has 0 aliphatic carbocycles. The molecule has 0 unspecified atom stereocenters. The summed E-state index contributed by atoms with van der Waals surface area (Å²) in [4.78, 5) is 10.2. The number of non-ortho nitro benzene ring substituents is 1. The minimum atomic E-state index is -0.601. The first-order valence-corrected chi connectivity index (χ1v) is 6.38. The molecule has 0 aliphatic heterocycles. The van der Waals surface area contributed by atoms with Crippen LogP contribution in [0.5, 0.6) is 0 Å². The Labute approximate surface area is 124 Å². The molecule has 0 saturated heterocycles. The molecule has 0 saturated carbocycles. The molecular weight excluding hydrogens is 302 g/mol. The molecule has 1 N–H and O–H groups in total. The minimum Gasteiger partial charge on any atom is -0.378 e. The van der Waals surface area contributed by atoms with Crippen LogP contribution in [-0.2, 0) is 6.54 Å². The van der Waals surface area contributed by atoms with Crippen molar-refractivity contribution in [2.24, 2.45) is 0 Å². The Bertz CT molecular complexity index is 708. The molecule has 0 aliphatic rings. The summed E-state index contributed by atoms with van der Waals surface area (Å²) in [6.07, 6.45) is 0. The lowest BCUT2D eigenvalue weighted by Gasteiger charge is -2.10. The molecule has 0 heterocycles. The molecule has 2 aromatic carbocycles. The first-order chi connectivity index (χ1) is 9.88. The second kappa shape index (κ2) is 6.05. The Morgan fingerprint density at radius 1 is 1.24 bits per heavy atom. The van der Waals surface area contributed by atoms with Gasteiger partial charge >= 0.3 is 0 Å². The number of benzene rings is 2. The number of halogens is 3. The Morgan fingerprint density at radius 2 is 1.95 bits per heavy atom. The van der Waals surface area contributed by atoms with E-state index in [9.17, 15) is 18.9 Å². The first kappa shape index (κ1) is 15.2. The van der Waals surface area contributed by atoms with Crippen LogP contribution in [0.1, 0.15) is 11.1 Å². The second-order valence-electron chi connectivity index (χ2n) is 4.47. The molecule has 0 amide bonds. The molecule has 7 heteroatoms. The molecule has 2 rings (SSSR count). The van der Waals surface area contributed by atoms with Crippen molar-refractivity contribution in [2.75, 3.05) is 5.32 Å². The van der Waals surface area contributed by atoms with Crippen molar-refractivity contribution in [1.29, 1.82) is 0 Å². The monoisotopic (exact) mass is 312 g/mol. The summed E-state index contributed by atoms with van der Waals surface area (Å²) in [5.74, 6) is -1.14. The van der Waals surface area contributed by atoms with Gasteiger partial charge in [0, 0.05) is 29.8 Å². The van der Waals surface area contributed by atoms with Crippen molar-refractivity contribution in [3.63, 3.8) is 0 Å². The van der Waals surface area contributed by atoms with Crippen molar-refractivity contribution < 1.29 is 13.7 Å². The Hall–Kier alpha value is -2.21. The van der Waals surface area contributed by atoms with E-state index < -0.39 is 16.6 Å². The van der Waals surface area contributed by atoms with Crippen molar-refractivity contribution >= 4 is 23.0 Å². The van der Waals surface area contributed by atoms with Gasteiger partial charge in [0.05, 0.1) is 10.6 Å². The highest BCUT2D eigenvalue weighted by Crippen LogP contribution is 2.24. The van der Waals surface area contributed by atoms with Crippen molar-refractivity contribution in [2.45, 2.75) is 13.5 Å². The summed E-state index contributed by atoms with van der Waals surface area (Å²) in [7, 11) is 0. The van der Waals surface area contributed by atoms with Gasteiger partial charge in [0.2, 0.25) is 0 Å². The maximum Gasteiger partial charge on any atom is 0.269 e. The number of nitro benzene ring substituents is 1. The van der Waals surface area contributed by atoms with E-state index in [-0.39, 0.29) is 23.5 Å². The molecule has 0 fully saturated rings. The summed E-state index contributed by atoms with van der Waals surface area (Å²) < 4.78 is 27.1. The fraction of sp³-hybridized carbons (Fsp3) is 0.143. The number of anilines is 1. The molecule has 110 valence electrons. The standard InChI is InChI=1S/C14H11ClF2N2O2/c1-8-4-13(17)14(6-12(8)16)18-7-9-5-10(19(20)21)2-3-11(9)15/h2-6,18H,7H2,1H3. The third kappa shape index (κ3) is 3.46. The predicted molar refractivity (Wildman–Crippen MR) is 76.5 cm³/mol. The van der Waals surface area contributed by atoms with Crippen LogP contribution in [0.15, 0.2) is 30.3 Å². The van der Waals surface area contributed by atoms with Crippen LogP contribution in [0, 0.1) is 28.7 Å². The number of rotatable bonds is 4. The lowest BCUT2D eigenvalue weighted by Crippen LogP contribution is -2.04. The highest BCUT2D eigenvalue weighted by atomic mass is 35.5. The fourth-order valence-electron chi connectivity index (χ4n) is 1.78. The zero-order valence-corrected chi connectivity index (χ0v) is 11.7. The average Bonchev–Trinajstić information content (AvgIpc) is 2.42. The van der Waals surface area contributed by atoms with Gasteiger partial charge in [0.25, 0.3) is 5.69 Å². The molecule has 21 heavy (non-hydrogen) atoms. The van der Waals surface area contributed by atoms with E-state index in [2.05, 4.69) is 5.32 Å². The van der Waals surface area contributed by atoms with Crippen LogP contribution in [0.4, 0.5) is 20.2 Å². The van der Waals surface area contributed by atoms with Crippen LogP contribution >= 0.6 is 11.6 Å². The maximum absolute atomic E-state index is 13.7. The SMILES string of the molecule is Cc1cc(F)c(NCc2cc([N+](=O)[O-])ccc2Cl)cc1F. The highest BCUT2D eigenvalue weighted by molar-refractivity contribution is 6.31. The normalized spacial score (nSPS) is 10.5. The van der Waals surface area contributed by atoms with Gasteiger partial charge in [-0.2, -0.15) is 0 Å². The number of nitrogens with one attached hydrogen (secondary N) is 1. The number of nitro groups is 1.